The summed E-state index contributed by atoms with van der Waals surface area (Å²) >= 11 is 0. The van der Waals surface area contributed by atoms with Crippen LogP contribution in [0.1, 0.15) is 51.2 Å². The number of aromatic nitrogens is 2. The van der Waals surface area contributed by atoms with E-state index in [0.717, 1.165) is 50.6 Å². The van der Waals surface area contributed by atoms with E-state index in [-0.39, 0.29) is 0 Å². The van der Waals surface area contributed by atoms with E-state index in [1.54, 1.807) is 0 Å². The third-order valence-corrected chi connectivity index (χ3v) is 3.22. The standard InChI is InChI=1S/C14H27N3O2/c1-3-5-12(8-10-15)6-7-14-16-13(17-19-14)9-11-18-4-2/h12H,3-11,15H2,1-2H3. The lowest BCUT2D eigenvalue weighted by molar-refractivity contribution is 0.149. The topological polar surface area (TPSA) is 74.2 Å². The van der Waals surface area contributed by atoms with E-state index in [4.69, 9.17) is 15.0 Å². The molecule has 0 fully saturated rings. The largest absolute Gasteiger partial charge is 0.381 e. The number of nitrogens with two attached hydrogens (primary N) is 1. The zero-order valence-corrected chi connectivity index (χ0v) is 12.2. The van der Waals surface area contributed by atoms with Crippen molar-refractivity contribution in [3.63, 3.8) is 0 Å². The number of ether oxygens (including phenoxy) is 1. The van der Waals surface area contributed by atoms with Crippen LogP contribution in [0.15, 0.2) is 4.52 Å². The first-order valence-corrected chi connectivity index (χ1v) is 7.39. The molecule has 0 radical (unpaired) electrons. The van der Waals surface area contributed by atoms with Crippen LogP contribution in [0.25, 0.3) is 0 Å². The normalized spacial score (nSPS) is 12.8. The minimum Gasteiger partial charge on any atom is -0.381 e. The molecular formula is C14H27N3O2. The molecule has 1 aromatic heterocycles. The molecule has 5 heteroatoms. The molecule has 0 amide bonds. The van der Waals surface area contributed by atoms with Crippen LogP contribution in [-0.4, -0.2) is 29.9 Å². The molecule has 0 spiro atoms. The molecule has 5 nitrogen and oxygen atoms in total. The first kappa shape index (κ1) is 16.1. The maximum Gasteiger partial charge on any atom is 0.226 e. The molecule has 1 rings (SSSR count). The Bertz CT molecular complexity index is 322. The number of hydrogen-bond donors (Lipinski definition) is 1. The molecule has 19 heavy (non-hydrogen) atoms. The van der Waals surface area contributed by atoms with Gasteiger partial charge in [0.1, 0.15) is 0 Å². The van der Waals surface area contributed by atoms with Crippen molar-refractivity contribution in [2.45, 2.75) is 52.4 Å². The van der Waals surface area contributed by atoms with Gasteiger partial charge >= 0.3 is 0 Å². The molecule has 0 bridgehead atoms. The summed E-state index contributed by atoms with van der Waals surface area (Å²) in [5.41, 5.74) is 5.64. The van der Waals surface area contributed by atoms with Gasteiger partial charge < -0.3 is 15.0 Å². The van der Waals surface area contributed by atoms with E-state index in [1.807, 2.05) is 6.92 Å². The summed E-state index contributed by atoms with van der Waals surface area (Å²) in [6.45, 7) is 6.33. The average Bonchev–Trinajstić information content (AvgIpc) is 2.85. The van der Waals surface area contributed by atoms with Crippen LogP contribution in [0, 0.1) is 5.92 Å². The maximum atomic E-state index is 5.64. The Kier molecular flexibility index (Phi) is 8.41. The Hall–Kier alpha value is -0.940. The zero-order valence-electron chi connectivity index (χ0n) is 12.2. The monoisotopic (exact) mass is 269 g/mol. The highest BCUT2D eigenvalue weighted by atomic mass is 16.5. The van der Waals surface area contributed by atoms with Gasteiger partial charge in [-0.1, -0.05) is 24.9 Å². The van der Waals surface area contributed by atoms with Gasteiger partial charge in [-0.15, -0.1) is 0 Å². The molecule has 0 aliphatic rings. The highest BCUT2D eigenvalue weighted by Crippen LogP contribution is 2.17. The van der Waals surface area contributed by atoms with Crippen molar-refractivity contribution in [2.75, 3.05) is 19.8 Å². The van der Waals surface area contributed by atoms with Gasteiger partial charge in [0.05, 0.1) is 6.61 Å². The van der Waals surface area contributed by atoms with E-state index in [9.17, 15) is 0 Å². The molecule has 1 atom stereocenters. The fraction of sp³-hybridized carbons (Fsp3) is 0.857. The lowest BCUT2D eigenvalue weighted by Gasteiger charge is -2.13. The second-order valence-corrected chi connectivity index (χ2v) is 4.82. The molecule has 1 aromatic rings. The molecular weight excluding hydrogens is 242 g/mol. The van der Waals surface area contributed by atoms with E-state index >= 15 is 0 Å². The van der Waals surface area contributed by atoms with Gasteiger partial charge in [0.25, 0.3) is 0 Å². The molecule has 1 heterocycles. The Morgan fingerprint density at radius 1 is 1.21 bits per heavy atom. The van der Waals surface area contributed by atoms with Crippen molar-refractivity contribution in [3.8, 4) is 0 Å². The summed E-state index contributed by atoms with van der Waals surface area (Å²) in [6, 6.07) is 0. The fourth-order valence-electron chi connectivity index (χ4n) is 2.21. The summed E-state index contributed by atoms with van der Waals surface area (Å²) in [7, 11) is 0. The van der Waals surface area contributed by atoms with Crippen molar-refractivity contribution < 1.29 is 9.26 Å². The van der Waals surface area contributed by atoms with Gasteiger partial charge in [-0.2, -0.15) is 4.98 Å². The molecule has 0 aliphatic heterocycles. The average molecular weight is 269 g/mol. The molecule has 2 N–H and O–H groups in total. The predicted molar refractivity (Wildman–Crippen MR) is 74.9 cm³/mol. The van der Waals surface area contributed by atoms with Gasteiger partial charge in [0.15, 0.2) is 5.82 Å². The summed E-state index contributed by atoms with van der Waals surface area (Å²) in [5.74, 6) is 2.16. The number of nitrogens with zero attached hydrogens (tertiary/aromatic N) is 2. The Morgan fingerprint density at radius 3 is 2.74 bits per heavy atom. The van der Waals surface area contributed by atoms with Crippen molar-refractivity contribution in [1.29, 1.82) is 0 Å². The van der Waals surface area contributed by atoms with Gasteiger partial charge in [0.2, 0.25) is 5.89 Å². The Labute approximate surface area is 115 Å². The second kappa shape index (κ2) is 9.92. The Morgan fingerprint density at radius 2 is 2.05 bits per heavy atom. The van der Waals surface area contributed by atoms with E-state index in [0.29, 0.717) is 12.5 Å². The van der Waals surface area contributed by atoms with Gasteiger partial charge in [-0.25, -0.2) is 0 Å². The van der Waals surface area contributed by atoms with Crippen LogP contribution in [0.2, 0.25) is 0 Å². The van der Waals surface area contributed by atoms with E-state index < -0.39 is 0 Å². The van der Waals surface area contributed by atoms with E-state index in [1.165, 1.54) is 12.8 Å². The highest BCUT2D eigenvalue weighted by molar-refractivity contribution is 4.87. The zero-order chi connectivity index (χ0) is 13.9. The van der Waals surface area contributed by atoms with Crippen molar-refractivity contribution >= 4 is 0 Å². The number of aryl methyl sites for hydroxylation is 1. The SMILES string of the molecule is CCCC(CCN)CCc1nc(CCOCC)no1. The predicted octanol–water partition coefficient (Wildman–Crippen LogP) is 2.35. The van der Waals surface area contributed by atoms with Gasteiger partial charge in [-0.05, 0) is 32.2 Å². The summed E-state index contributed by atoms with van der Waals surface area (Å²) < 4.78 is 10.5. The molecule has 0 aliphatic carbocycles. The van der Waals surface area contributed by atoms with Crippen LogP contribution in [-0.2, 0) is 17.6 Å². The molecule has 0 saturated carbocycles. The molecule has 1 unspecified atom stereocenters. The first-order chi connectivity index (χ1) is 9.30. The smallest absolute Gasteiger partial charge is 0.226 e. The van der Waals surface area contributed by atoms with Crippen LogP contribution in [0.3, 0.4) is 0 Å². The lowest BCUT2D eigenvalue weighted by Crippen LogP contribution is -2.09. The summed E-state index contributed by atoms with van der Waals surface area (Å²) in [5, 5.41) is 3.97. The third kappa shape index (κ3) is 6.68. The lowest BCUT2D eigenvalue weighted by atomic mass is 9.94. The third-order valence-electron chi connectivity index (χ3n) is 3.22. The second-order valence-electron chi connectivity index (χ2n) is 4.82. The van der Waals surface area contributed by atoms with Crippen LogP contribution >= 0.6 is 0 Å². The van der Waals surface area contributed by atoms with E-state index in [2.05, 4.69) is 17.1 Å². The molecule has 110 valence electrons. The number of hydrogen-bond acceptors (Lipinski definition) is 5. The van der Waals surface area contributed by atoms with Gasteiger partial charge in [-0.3, -0.25) is 0 Å². The minimum atomic E-state index is 0.654. The fourth-order valence-corrected chi connectivity index (χ4v) is 2.21. The highest BCUT2D eigenvalue weighted by Gasteiger charge is 2.11. The van der Waals surface area contributed by atoms with Crippen LogP contribution < -0.4 is 5.73 Å². The van der Waals surface area contributed by atoms with Crippen molar-refractivity contribution in [3.05, 3.63) is 11.7 Å². The van der Waals surface area contributed by atoms with Gasteiger partial charge in [0, 0.05) is 19.4 Å². The van der Waals surface area contributed by atoms with Crippen LogP contribution in [0.5, 0.6) is 0 Å². The van der Waals surface area contributed by atoms with Crippen molar-refractivity contribution in [2.24, 2.45) is 11.7 Å². The summed E-state index contributed by atoms with van der Waals surface area (Å²) in [6.07, 6.45) is 6.17. The quantitative estimate of drug-likeness (QED) is 0.624. The molecule has 0 aromatic carbocycles. The molecule has 0 saturated heterocycles. The summed E-state index contributed by atoms with van der Waals surface area (Å²) in [4.78, 5) is 4.39. The maximum absolute atomic E-state index is 5.64. The first-order valence-electron chi connectivity index (χ1n) is 7.39. The minimum absolute atomic E-state index is 0.654. The number of rotatable bonds is 11. The van der Waals surface area contributed by atoms with Crippen molar-refractivity contribution in [1.82, 2.24) is 10.1 Å². The Balaban J connectivity index is 2.31. The van der Waals surface area contributed by atoms with Crippen LogP contribution in [0.4, 0.5) is 0 Å².